The van der Waals surface area contributed by atoms with E-state index in [1.165, 1.54) is 11.3 Å². The summed E-state index contributed by atoms with van der Waals surface area (Å²) in [5.74, 6) is -0.916. The van der Waals surface area contributed by atoms with Crippen LogP contribution in [0, 0.1) is 0 Å². The lowest BCUT2D eigenvalue weighted by Gasteiger charge is -2.34. The van der Waals surface area contributed by atoms with Crippen LogP contribution in [0.5, 0.6) is 0 Å². The molecular weight excluding hydrogens is 278 g/mol. The van der Waals surface area contributed by atoms with E-state index in [-0.39, 0.29) is 12.1 Å². The Labute approximate surface area is 122 Å². The molecule has 110 valence electrons. The molecule has 0 saturated heterocycles. The van der Waals surface area contributed by atoms with E-state index in [9.17, 15) is 9.59 Å². The van der Waals surface area contributed by atoms with Crippen LogP contribution in [-0.4, -0.2) is 34.2 Å². The molecule has 0 fully saturated rings. The average molecular weight is 297 g/mol. The van der Waals surface area contributed by atoms with E-state index in [4.69, 9.17) is 9.84 Å². The monoisotopic (exact) mass is 297 g/mol. The van der Waals surface area contributed by atoms with Gasteiger partial charge in [0.25, 0.3) is 0 Å². The first-order chi connectivity index (χ1) is 9.19. The molecule has 5 nitrogen and oxygen atoms in total. The Hall–Kier alpha value is -1.56. The average Bonchev–Trinajstić information content (AvgIpc) is 2.71. The zero-order chi connectivity index (χ0) is 15.1. The molecule has 0 saturated carbocycles. The number of thiophene rings is 1. The third kappa shape index (κ3) is 2.95. The Morgan fingerprint density at radius 1 is 1.45 bits per heavy atom. The third-order valence-corrected chi connectivity index (χ3v) is 4.38. The number of carboxylic acids is 1. The molecule has 1 unspecified atom stereocenters. The van der Waals surface area contributed by atoms with Crippen molar-refractivity contribution in [2.45, 2.75) is 45.8 Å². The van der Waals surface area contributed by atoms with Gasteiger partial charge in [-0.25, -0.2) is 9.59 Å². The maximum absolute atomic E-state index is 12.2. The predicted octanol–water partition coefficient (Wildman–Crippen LogP) is 3.30. The SMILES string of the molecule is CC1c2cc(C(=O)O)sc2CCN1C(=O)OC(C)(C)C. The summed E-state index contributed by atoms with van der Waals surface area (Å²) >= 11 is 1.30. The molecule has 1 aromatic rings. The summed E-state index contributed by atoms with van der Waals surface area (Å²) < 4.78 is 5.39. The van der Waals surface area contributed by atoms with Crippen LogP contribution < -0.4 is 0 Å². The number of rotatable bonds is 1. The fourth-order valence-corrected chi connectivity index (χ4v) is 3.33. The van der Waals surface area contributed by atoms with Crippen LogP contribution in [0.2, 0.25) is 0 Å². The van der Waals surface area contributed by atoms with Gasteiger partial charge in [0.05, 0.1) is 6.04 Å². The summed E-state index contributed by atoms with van der Waals surface area (Å²) in [5.41, 5.74) is 0.391. The van der Waals surface area contributed by atoms with E-state index in [1.807, 2.05) is 27.7 Å². The third-order valence-electron chi connectivity index (χ3n) is 3.18. The molecule has 0 aromatic carbocycles. The van der Waals surface area contributed by atoms with Crippen molar-refractivity contribution in [1.29, 1.82) is 0 Å². The summed E-state index contributed by atoms with van der Waals surface area (Å²) in [6, 6.07) is 1.52. The van der Waals surface area contributed by atoms with Crippen molar-refractivity contribution in [3.8, 4) is 0 Å². The zero-order valence-corrected chi connectivity index (χ0v) is 12.9. The highest BCUT2D eigenvalue weighted by Gasteiger charge is 2.32. The van der Waals surface area contributed by atoms with Gasteiger partial charge in [-0.3, -0.25) is 0 Å². The van der Waals surface area contributed by atoms with Gasteiger partial charge in [-0.1, -0.05) is 0 Å². The molecule has 2 heterocycles. The van der Waals surface area contributed by atoms with Crippen molar-refractivity contribution in [1.82, 2.24) is 4.90 Å². The number of hydrogen-bond donors (Lipinski definition) is 1. The Morgan fingerprint density at radius 3 is 2.65 bits per heavy atom. The molecule has 1 atom stereocenters. The highest BCUT2D eigenvalue weighted by Crippen LogP contribution is 2.36. The molecule has 1 amide bonds. The van der Waals surface area contributed by atoms with E-state index in [2.05, 4.69) is 0 Å². The lowest BCUT2D eigenvalue weighted by atomic mass is 10.0. The summed E-state index contributed by atoms with van der Waals surface area (Å²) in [6.07, 6.45) is 0.329. The molecule has 0 spiro atoms. The molecule has 1 aromatic heterocycles. The van der Waals surface area contributed by atoms with Crippen LogP contribution in [0.25, 0.3) is 0 Å². The number of fused-ring (bicyclic) bond motifs is 1. The molecule has 2 rings (SSSR count). The number of amides is 1. The minimum Gasteiger partial charge on any atom is -0.477 e. The molecule has 0 radical (unpaired) electrons. The highest BCUT2D eigenvalue weighted by molar-refractivity contribution is 7.14. The standard InChI is InChI=1S/C14H19NO4S/c1-8-9-7-11(12(16)17)20-10(9)5-6-15(8)13(18)19-14(2,3)4/h7-8H,5-6H2,1-4H3,(H,16,17). The van der Waals surface area contributed by atoms with Gasteiger partial charge in [0.15, 0.2) is 0 Å². The summed E-state index contributed by atoms with van der Waals surface area (Å²) in [6.45, 7) is 7.96. The van der Waals surface area contributed by atoms with Crippen molar-refractivity contribution in [3.05, 3.63) is 21.4 Å². The highest BCUT2D eigenvalue weighted by atomic mass is 32.1. The van der Waals surface area contributed by atoms with E-state index in [0.29, 0.717) is 17.8 Å². The first kappa shape index (κ1) is 14.8. The summed E-state index contributed by atoms with van der Waals surface area (Å²) in [4.78, 5) is 26.2. The lowest BCUT2D eigenvalue weighted by Crippen LogP contribution is -2.41. The number of carbonyl (C=O) groups is 2. The van der Waals surface area contributed by atoms with Crippen LogP contribution >= 0.6 is 11.3 Å². The van der Waals surface area contributed by atoms with E-state index < -0.39 is 11.6 Å². The topological polar surface area (TPSA) is 66.8 Å². The number of carboxylic acid groups (broad SMARTS) is 1. The Morgan fingerprint density at radius 2 is 2.10 bits per heavy atom. The Bertz CT molecular complexity index is 544. The second kappa shape index (κ2) is 5.09. The van der Waals surface area contributed by atoms with Gasteiger partial charge < -0.3 is 14.7 Å². The van der Waals surface area contributed by atoms with Crippen LogP contribution in [0.3, 0.4) is 0 Å². The number of carbonyl (C=O) groups excluding carboxylic acids is 1. The quantitative estimate of drug-likeness (QED) is 0.863. The fourth-order valence-electron chi connectivity index (χ4n) is 2.25. The van der Waals surface area contributed by atoms with Gasteiger partial charge in [-0.2, -0.15) is 0 Å². The van der Waals surface area contributed by atoms with Crippen LogP contribution in [-0.2, 0) is 11.2 Å². The maximum Gasteiger partial charge on any atom is 0.410 e. The van der Waals surface area contributed by atoms with Gasteiger partial charge in [0, 0.05) is 11.4 Å². The molecule has 0 aliphatic carbocycles. The van der Waals surface area contributed by atoms with Gasteiger partial charge in [-0.05, 0) is 45.7 Å². The minimum atomic E-state index is -0.916. The molecule has 1 aliphatic rings. The molecule has 20 heavy (non-hydrogen) atoms. The van der Waals surface area contributed by atoms with Crippen molar-refractivity contribution in [2.24, 2.45) is 0 Å². The maximum atomic E-state index is 12.2. The van der Waals surface area contributed by atoms with Crippen LogP contribution in [0.4, 0.5) is 4.79 Å². The van der Waals surface area contributed by atoms with Gasteiger partial charge in [0.1, 0.15) is 10.5 Å². The number of ether oxygens (including phenoxy) is 1. The van der Waals surface area contributed by atoms with E-state index >= 15 is 0 Å². The van der Waals surface area contributed by atoms with Crippen molar-refractivity contribution >= 4 is 23.4 Å². The molecule has 6 heteroatoms. The second-order valence-corrected chi connectivity index (χ2v) is 7.03. The molecule has 0 bridgehead atoms. The summed E-state index contributed by atoms with van der Waals surface area (Å²) in [7, 11) is 0. The van der Waals surface area contributed by atoms with Crippen molar-refractivity contribution in [3.63, 3.8) is 0 Å². The predicted molar refractivity (Wildman–Crippen MR) is 76.3 cm³/mol. The second-order valence-electron chi connectivity index (χ2n) is 5.89. The Kier molecular flexibility index (Phi) is 3.77. The largest absolute Gasteiger partial charge is 0.477 e. The first-order valence-electron chi connectivity index (χ1n) is 6.54. The molecule has 1 N–H and O–H groups in total. The fraction of sp³-hybridized carbons (Fsp3) is 0.571. The minimum absolute atomic E-state index is 0.155. The van der Waals surface area contributed by atoms with E-state index in [1.54, 1.807) is 11.0 Å². The van der Waals surface area contributed by atoms with Crippen LogP contribution in [0.1, 0.15) is 53.8 Å². The summed E-state index contributed by atoms with van der Waals surface area (Å²) in [5, 5.41) is 9.05. The number of aromatic carboxylic acids is 1. The van der Waals surface area contributed by atoms with Gasteiger partial charge >= 0.3 is 12.1 Å². The van der Waals surface area contributed by atoms with E-state index in [0.717, 1.165) is 10.4 Å². The first-order valence-corrected chi connectivity index (χ1v) is 7.36. The smallest absolute Gasteiger partial charge is 0.410 e. The molecular formula is C14H19NO4S. The molecule has 1 aliphatic heterocycles. The zero-order valence-electron chi connectivity index (χ0n) is 12.1. The lowest BCUT2D eigenvalue weighted by molar-refractivity contribution is 0.0161. The number of hydrogen-bond acceptors (Lipinski definition) is 4. The van der Waals surface area contributed by atoms with Gasteiger partial charge in [-0.15, -0.1) is 11.3 Å². The van der Waals surface area contributed by atoms with Crippen LogP contribution in [0.15, 0.2) is 6.07 Å². The Balaban J connectivity index is 2.21. The number of nitrogens with zero attached hydrogens (tertiary/aromatic N) is 1. The normalized spacial score (nSPS) is 18.6. The van der Waals surface area contributed by atoms with Crippen molar-refractivity contribution in [2.75, 3.05) is 6.54 Å². The van der Waals surface area contributed by atoms with Crippen molar-refractivity contribution < 1.29 is 19.4 Å². The van der Waals surface area contributed by atoms with Gasteiger partial charge in [0.2, 0.25) is 0 Å².